The van der Waals surface area contributed by atoms with Crippen molar-refractivity contribution < 1.29 is 23.0 Å². The Bertz CT molecular complexity index is 785. The van der Waals surface area contributed by atoms with Gasteiger partial charge in [0, 0.05) is 25.2 Å². The lowest BCUT2D eigenvalue weighted by Crippen LogP contribution is -2.49. The summed E-state index contributed by atoms with van der Waals surface area (Å²) in [7, 11) is 1.61. The first kappa shape index (κ1) is 19.1. The average molecular weight is 376 g/mol. The Kier molecular flexibility index (Phi) is 6.24. The molecule has 0 aliphatic carbocycles. The van der Waals surface area contributed by atoms with Gasteiger partial charge in [0.2, 0.25) is 5.91 Å². The molecule has 2 aromatic carbocycles. The van der Waals surface area contributed by atoms with Gasteiger partial charge >= 0.3 is 6.61 Å². The summed E-state index contributed by atoms with van der Waals surface area (Å²) in [4.78, 5) is 14.8. The zero-order valence-corrected chi connectivity index (χ0v) is 15.0. The molecule has 0 aromatic heterocycles. The van der Waals surface area contributed by atoms with Crippen LogP contribution in [0.15, 0.2) is 48.5 Å². The van der Waals surface area contributed by atoms with E-state index in [-0.39, 0.29) is 24.1 Å². The summed E-state index contributed by atoms with van der Waals surface area (Å²) < 4.78 is 34.7. The van der Waals surface area contributed by atoms with E-state index < -0.39 is 6.61 Å². The molecule has 1 fully saturated rings. The van der Waals surface area contributed by atoms with Gasteiger partial charge in [0.1, 0.15) is 11.5 Å². The van der Waals surface area contributed by atoms with Crippen LogP contribution in [0, 0.1) is 0 Å². The van der Waals surface area contributed by atoms with Gasteiger partial charge in [-0.05, 0) is 23.8 Å². The summed E-state index contributed by atoms with van der Waals surface area (Å²) in [6, 6.07) is 13.7. The molecular formula is C20H22F2N2O3. The lowest BCUT2D eigenvalue weighted by Gasteiger charge is -2.37. The average Bonchev–Trinajstić information content (AvgIpc) is 2.67. The minimum absolute atomic E-state index is 0.0527. The number of carbonyl (C=O) groups excluding carboxylic acids is 1. The second-order valence-corrected chi connectivity index (χ2v) is 6.25. The van der Waals surface area contributed by atoms with Gasteiger partial charge in [-0.2, -0.15) is 8.78 Å². The number of hydrogen-bond acceptors (Lipinski definition) is 4. The largest absolute Gasteiger partial charge is 0.496 e. The Balaban J connectivity index is 1.78. The predicted octanol–water partition coefficient (Wildman–Crippen LogP) is 3.01. The molecule has 0 bridgehead atoms. The number of methoxy groups -OCH3 is 1. The maximum absolute atomic E-state index is 13.0. The number of para-hydroxylation sites is 1. The summed E-state index contributed by atoms with van der Waals surface area (Å²) in [6.07, 6.45) is 0.117. The fourth-order valence-electron chi connectivity index (χ4n) is 3.33. The third kappa shape index (κ3) is 4.74. The summed E-state index contributed by atoms with van der Waals surface area (Å²) in [5.41, 5.74) is 1.57. The van der Waals surface area contributed by atoms with Gasteiger partial charge in [-0.1, -0.05) is 30.3 Å². The summed E-state index contributed by atoms with van der Waals surface area (Å²) >= 11 is 0. The van der Waals surface area contributed by atoms with Crippen molar-refractivity contribution in [2.75, 3.05) is 26.7 Å². The number of amides is 1. The second-order valence-electron chi connectivity index (χ2n) is 6.25. The van der Waals surface area contributed by atoms with E-state index in [0.717, 1.165) is 11.3 Å². The van der Waals surface area contributed by atoms with Crippen molar-refractivity contribution in [1.82, 2.24) is 10.2 Å². The third-order valence-electron chi connectivity index (χ3n) is 4.54. The molecule has 1 atom stereocenters. The quantitative estimate of drug-likeness (QED) is 0.842. The number of hydrogen-bond donors (Lipinski definition) is 1. The standard InChI is InChI=1S/C20H22F2N2O3/c1-26-18-8-3-2-7-16(18)17-13-23-9-10-24(17)19(25)12-14-5-4-6-15(11-14)27-20(21)22/h2-8,11,17,20,23H,9-10,12-13H2,1H3. The number of benzene rings is 2. The number of rotatable bonds is 6. The second kappa shape index (κ2) is 8.81. The molecule has 0 spiro atoms. The van der Waals surface area contributed by atoms with Gasteiger partial charge in [0.05, 0.1) is 19.6 Å². The van der Waals surface area contributed by atoms with Gasteiger partial charge < -0.3 is 19.7 Å². The van der Waals surface area contributed by atoms with Crippen LogP contribution < -0.4 is 14.8 Å². The van der Waals surface area contributed by atoms with Crippen LogP contribution in [0.5, 0.6) is 11.5 Å². The van der Waals surface area contributed by atoms with Crippen molar-refractivity contribution in [2.45, 2.75) is 19.1 Å². The summed E-state index contributed by atoms with van der Waals surface area (Å²) in [5, 5.41) is 3.31. The van der Waals surface area contributed by atoms with E-state index in [1.165, 1.54) is 12.1 Å². The highest BCUT2D eigenvalue weighted by Gasteiger charge is 2.29. The first-order chi connectivity index (χ1) is 13.1. The number of piperazine rings is 1. The minimum atomic E-state index is -2.89. The molecule has 1 amide bonds. The Morgan fingerprint density at radius 1 is 1.26 bits per heavy atom. The van der Waals surface area contributed by atoms with Gasteiger partial charge in [0.15, 0.2) is 0 Å². The number of nitrogens with one attached hydrogen (secondary N) is 1. The minimum Gasteiger partial charge on any atom is -0.496 e. The fourth-order valence-corrected chi connectivity index (χ4v) is 3.33. The van der Waals surface area contributed by atoms with E-state index in [1.807, 2.05) is 29.2 Å². The van der Waals surface area contributed by atoms with Crippen LogP contribution in [0.25, 0.3) is 0 Å². The Morgan fingerprint density at radius 3 is 2.85 bits per heavy atom. The normalized spacial score (nSPS) is 17.0. The maximum atomic E-state index is 13.0. The fraction of sp³-hybridized carbons (Fsp3) is 0.350. The van der Waals surface area contributed by atoms with Crippen LogP contribution >= 0.6 is 0 Å². The lowest BCUT2D eigenvalue weighted by molar-refractivity contribution is -0.133. The lowest BCUT2D eigenvalue weighted by atomic mass is 10.0. The SMILES string of the molecule is COc1ccccc1C1CNCCN1C(=O)Cc1cccc(OC(F)F)c1. The van der Waals surface area contributed by atoms with E-state index in [9.17, 15) is 13.6 Å². The van der Waals surface area contributed by atoms with Crippen molar-refractivity contribution in [3.8, 4) is 11.5 Å². The number of ether oxygens (including phenoxy) is 2. The van der Waals surface area contributed by atoms with Crippen molar-refractivity contribution in [3.05, 3.63) is 59.7 Å². The van der Waals surface area contributed by atoms with E-state index in [0.29, 0.717) is 25.2 Å². The first-order valence-corrected chi connectivity index (χ1v) is 8.75. The molecule has 27 heavy (non-hydrogen) atoms. The van der Waals surface area contributed by atoms with Crippen molar-refractivity contribution in [2.24, 2.45) is 0 Å². The number of carbonyl (C=O) groups is 1. The van der Waals surface area contributed by atoms with Gasteiger partial charge in [0.25, 0.3) is 0 Å². The zero-order chi connectivity index (χ0) is 19.2. The molecule has 1 aliphatic heterocycles. The molecule has 1 aliphatic rings. The van der Waals surface area contributed by atoms with E-state index in [2.05, 4.69) is 10.1 Å². The Labute approximate surface area is 156 Å². The van der Waals surface area contributed by atoms with E-state index >= 15 is 0 Å². The molecule has 0 radical (unpaired) electrons. The highest BCUT2D eigenvalue weighted by molar-refractivity contribution is 5.79. The molecule has 1 saturated heterocycles. The van der Waals surface area contributed by atoms with Gasteiger partial charge in [-0.3, -0.25) is 4.79 Å². The molecule has 7 heteroatoms. The number of halogens is 2. The van der Waals surface area contributed by atoms with Crippen molar-refractivity contribution >= 4 is 5.91 Å². The van der Waals surface area contributed by atoms with Crippen LogP contribution in [-0.2, 0) is 11.2 Å². The topological polar surface area (TPSA) is 50.8 Å². The van der Waals surface area contributed by atoms with Crippen molar-refractivity contribution in [3.63, 3.8) is 0 Å². The van der Waals surface area contributed by atoms with Crippen LogP contribution in [-0.4, -0.2) is 44.2 Å². The van der Waals surface area contributed by atoms with Crippen LogP contribution in [0.2, 0.25) is 0 Å². The molecule has 1 N–H and O–H groups in total. The summed E-state index contributed by atoms with van der Waals surface area (Å²) in [6.45, 7) is -1.000. The molecule has 1 heterocycles. The van der Waals surface area contributed by atoms with Gasteiger partial charge in [-0.15, -0.1) is 0 Å². The maximum Gasteiger partial charge on any atom is 0.387 e. The van der Waals surface area contributed by atoms with Crippen LogP contribution in [0.1, 0.15) is 17.2 Å². The van der Waals surface area contributed by atoms with E-state index in [1.54, 1.807) is 19.2 Å². The third-order valence-corrected chi connectivity index (χ3v) is 4.54. The highest BCUT2D eigenvalue weighted by Crippen LogP contribution is 2.30. The summed E-state index contributed by atoms with van der Waals surface area (Å²) in [5.74, 6) is 0.717. The molecule has 144 valence electrons. The van der Waals surface area contributed by atoms with Crippen LogP contribution in [0.4, 0.5) is 8.78 Å². The highest BCUT2D eigenvalue weighted by atomic mass is 19.3. The van der Waals surface area contributed by atoms with Gasteiger partial charge in [-0.25, -0.2) is 0 Å². The smallest absolute Gasteiger partial charge is 0.387 e. The number of alkyl halides is 2. The molecule has 5 nitrogen and oxygen atoms in total. The first-order valence-electron chi connectivity index (χ1n) is 8.75. The number of nitrogens with zero attached hydrogens (tertiary/aromatic N) is 1. The monoisotopic (exact) mass is 376 g/mol. The molecule has 0 saturated carbocycles. The Morgan fingerprint density at radius 2 is 2.07 bits per heavy atom. The van der Waals surface area contributed by atoms with E-state index in [4.69, 9.17) is 4.74 Å². The molecule has 3 rings (SSSR count). The van der Waals surface area contributed by atoms with Crippen LogP contribution in [0.3, 0.4) is 0 Å². The zero-order valence-electron chi connectivity index (χ0n) is 15.0. The molecule has 1 unspecified atom stereocenters. The predicted molar refractivity (Wildman–Crippen MR) is 97.1 cm³/mol. The molecule has 2 aromatic rings. The van der Waals surface area contributed by atoms with Crippen molar-refractivity contribution in [1.29, 1.82) is 0 Å². The Hall–Kier alpha value is -2.67. The molecular weight excluding hydrogens is 354 g/mol.